The van der Waals surface area contributed by atoms with Crippen molar-refractivity contribution in [3.63, 3.8) is 0 Å². The van der Waals surface area contributed by atoms with Crippen LogP contribution in [0.3, 0.4) is 0 Å². The lowest BCUT2D eigenvalue weighted by Crippen LogP contribution is -2.40. The summed E-state index contributed by atoms with van der Waals surface area (Å²) >= 11 is 0. The van der Waals surface area contributed by atoms with E-state index in [4.69, 9.17) is 0 Å². The fraction of sp³-hybridized carbons (Fsp3) is 0.417. The van der Waals surface area contributed by atoms with Crippen LogP contribution in [-0.4, -0.2) is 21.8 Å². The molecule has 0 aromatic heterocycles. The zero-order valence-corrected chi connectivity index (χ0v) is 9.26. The highest BCUT2D eigenvalue weighted by Crippen LogP contribution is 2.36. The Morgan fingerprint density at radius 2 is 2.12 bits per heavy atom. The maximum absolute atomic E-state index is 12.1. The highest BCUT2D eigenvalue weighted by molar-refractivity contribution is 5.99. The van der Waals surface area contributed by atoms with Gasteiger partial charge in [-0.05, 0) is 25.3 Å². The van der Waals surface area contributed by atoms with Crippen LogP contribution in [0.2, 0.25) is 0 Å². The highest BCUT2D eigenvalue weighted by Gasteiger charge is 2.38. The van der Waals surface area contributed by atoms with Crippen LogP contribution in [0.4, 0.5) is 5.69 Å². The summed E-state index contributed by atoms with van der Waals surface area (Å²) in [6, 6.07) is 5.02. The molecule has 1 fully saturated rings. The molecule has 17 heavy (non-hydrogen) atoms. The van der Waals surface area contributed by atoms with E-state index in [1.54, 1.807) is 17.0 Å². The number of nitro groups is 1. The zero-order chi connectivity index (χ0) is 12.0. The average Bonchev–Trinajstić information content (AvgIpc) is 2.54. The Morgan fingerprint density at radius 3 is 2.71 bits per heavy atom. The molecule has 5 heteroatoms. The van der Waals surface area contributed by atoms with Gasteiger partial charge in [-0.15, -0.1) is 0 Å². The summed E-state index contributed by atoms with van der Waals surface area (Å²) in [5.74, 6) is -0.0478. The van der Waals surface area contributed by atoms with Crippen molar-refractivity contribution >= 4 is 11.6 Å². The molecule has 88 valence electrons. The number of carbonyl (C=O) groups is 1. The van der Waals surface area contributed by atoms with Gasteiger partial charge in [0.1, 0.15) is 0 Å². The Balaban J connectivity index is 2.00. The lowest BCUT2D eigenvalue weighted by molar-refractivity contribution is -0.385. The average molecular weight is 232 g/mol. The second-order valence-electron chi connectivity index (χ2n) is 4.58. The minimum Gasteiger partial charge on any atom is -0.331 e. The fourth-order valence-corrected chi connectivity index (χ4v) is 2.50. The molecule has 0 spiro atoms. The third-order valence-corrected chi connectivity index (χ3v) is 3.68. The van der Waals surface area contributed by atoms with Crippen molar-refractivity contribution in [2.75, 3.05) is 0 Å². The number of rotatable bonds is 2. The molecule has 0 N–H and O–H groups in total. The van der Waals surface area contributed by atoms with Crippen LogP contribution in [0, 0.1) is 10.1 Å². The molecule has 1 aromatic rings. The van der Waals surface area contributed by atoms with Crippen LogP contribution < -0.4 is 0 Å². The standard InChI is InChI=1S/C12H12N2O3/c15-12-9-5-2-6-11(14(16)17)10(9)7-13(12)8-3-1-4-8/h2,5-6,8H,1,3-4,7H2. The van der Waals surface area contributed by atoms with E-state index in [1.807, 2.05) is 0 Å². The molecule has 3 rings (SSSR count). The van der Waals surface area contributed by atoms with Crippen LogP contribution >= 0.6 is 0 Å². The van der Waals surface area contributed by atoms with Crippen molar-refractivity contribution in [3.05, 3.63) is 39.4 Å². The van der Waals surface area contributed by atoms with E-state index < -0.39 is 4.92 Å². The Labute approximate surface area is 98.2 Å². The number of hydrogen-bond acceptors (Lipinski definition) is 3. The molecule has 2 aliphatic rings. The summed E-state index contributed by atoms with van der Waals surface area (Å²) in [4.78, 5) is 24.4. The van der Waals surface area contributed by atoms with E-state index in [-0.39, 0.29) is 17.6 Å². The molecule has 1 saturated carbocycles. The summed E-state index contributed by atoms with van der Waals surface area (Å²) < 4.78 is 0. The molecule has 0 bridgehead atoms. The molecule has 1 aliphatic heterocycles. The quantitative estimate of drug-likeness (QED) is 0.579. The summed E-state index contributed by atoms with van der Waals surface area (Å²) in [6.45, 7) is 0.399. The van der Waals surface area contributed by atoms with Gasteiger partial charge in [-0.3, -0.25) is 14.9 Å². The first kappa shape index (κ1) is 10.3. The molecule has 0 atom stereocenters. The van der Waals surface area contributed by atoms with Crippen LogP contribution in [0.25, 0.3) is 0 Å². The Morgan fingerprint density at radius 1 is 1.35 bits per heavy atom. The SMILES string of the molecule is O=C1c2cccc([N+](=O)[O-])c2CN1C1CCC1. The summed E-state index contributed by atoms with van der Waals surface area (Å²) in [7, 11) is 0. The highest BCUT2D eigenvalue weighted by atomic mass is 16.6. The third-order valence-electron chi connectivity index (χ3n) is 3.68. The number of hydrogen-bond donors (Lipinski definition) is 0. The molecule has 0 unspecified atom stereocenters. The fourth-order valence-electron chi connectivity index (χ4n) is 2.50. The first-order valence-electron chi connectivity index (χ1n) is 5.75. The minimum atomic E-state index is -0.406. The molecule has 1 aromatic carbocycles. The van der Waals surface area contributed by atoms with Gasteiger partial charge in [0, 0.05) is 12.1 Å². The Kier molecular flexibility index (Phi) is 2.14. The Hall–Kier alpha value is -1.91. The lowest BCUT2D eigenvalue weighted by atomic mass is 9.92. The molecular weight excluding hydrogens is 220 g/mol. The molecule has 1 amide bonds. The van der Waals surface area contributed by atoms with Gasteiger partial charge in [0.15, 0.2) is 0 Å². The van der Waals surface area contributed by atoms with E-state index in [9.17, 15) is 14.9 Å². The molecule has 1 heterocycles. The van der Waals surface area contributed by atoms with Crippen molar-refractivity contribution in [2.45, 2.75) is 31.8 Å². The first-order chi connectivity index (χ1) is 8.18. The van der Waals surface area contributed by atoms with Crippen LogP contribution in [0.1, 0.15) is 35.2 Å². The third kappa shape index (κ3) is 1.42. The van der Waals surface area contributed by atoms with Gasteiger partial charge in [-0.25, -0.2) is 0 Å². The smallest absolute Gasteiger partial charge is 0.275 e. The van der Waals surface area contributed by atoms with Crippen molar-refractivity contribution in [1.82, 2.24) is 4.90 Å². The zero-order valence-electron chi connectivity index (χ0n) is 9.26. The van der Waals surface area contributed by atoms with Crippen molar-refractivity contribution in [1.29, 1.82) is 0 Å². The minimum absolute atomic E-state index is 0.0478. The predicted octanol–water partition coefficient (Wildman–Crippen LogP) is 2.10. The molecular formula is C12H12N2O3. The maximum Gasteiger partial charge on any atom is 0.275 e. The summed E-state index contributed by atoms with van der Waals surface area (Å²) in [6.07, 6.45) is 3.19. The Bertz CT molecular complexity index is 508. The number of amides is 1. The van der Waals surface area contributed by atoms with E-state index >= 15 is 0 Å². The van der Waals surface area contributed by atoms with Crippen LogP contribution in [0.5, 0.6) is 0 Å². The van der Waals surface area contributed by atoms with E-state index in [0.717, 1.165) is 19.3 Å². The van der Waals surface area contributed by atoms with Crippen LogP contribution in [-0.2, 0) is 6.54 Å². The van der Waals surface area contributed by atoms with Crippen molar-refractivity contribution in [3.8, 4) is 0 Å². The number of nitrogens with zero attached hydrogens (tertiary/aromatic N) is 2. The van der Waals surface area contributed by atoms with Crippen molar-refractivity contribution in [2.24, 2.45) is 0 Å². The molecule has 5 nitrogen and oxygen atoms in total. The maximum atomic E-state index is 12.1. The monoisotopic (exact) mass is 232 g/mol. The lowest BCUT2D eigenvalue weighted by Gasteiger charge is -2.34. The second-order valence-corrected chi connectivity index (χ2v) is 4.58. The number of benzene rings is 1. The normalized spacial score (nSPS) is 19.1. The number of nitro benzene ring substituents is 1. The van der Waals surface area contributed by atoms with Crippen molar-refractivity contribution < 1.29 is 9.72 Å². The molecule has 0 saturated heterocycles. The van der Waals surface area contributed by atoms with Gasteiger partial charge >= 0.3 is 0 Å². The van der Waals surface area contributed by atoms with E-state index in [1.165, 1.54) is 6.07 Å². The van der Waals surface area contributed by atoms with Crippen LogP contribution in [0.15, 0.2) is 18.2 Å². The van der Waals surface area contributed by atoms with Gasteiger partial charge in [0.05, 0.1) is 22.6 Å². The van der Waals surface area contributed by atoms with Gasteiger partial charge < -0.3 is 4.90 Å². The summed E-state index contributed by atoms with van der Waals surface area (Å²) in [5, 5.41) is 10.9. The molecule has 1 aliphatic carbocycles. The van der Waals surface area contributed by atoms with Gasteiger partial charge in [0.25, 0.3) is 11.6 Å². The van der Waals surface area contributed by atoms with E-state index in [0.29, 0.717) is 17.7 Å². The van der Waals surface area contributed by atoms with Gasteiger partial charge in [-0.1, -0.05) is 6.07 Å². The summed E-state index contributed by atoms with van der Waals surface area (Å²) in [5.41, 5.74) is 1.15. The predicted molar refractivity (Wildman–Crippen MR) is 60.6 cm³/mol. The first-order valence-corrected chi connectivity index (χ1v) is 5.75. The van der Waals surface area contributed by atoms with E-state index in [2.05, 4.69) is 0 Å². The topological polar surface area (TPSA) is 63.4 Å². The second kappa shape index (κ2) is 3.55. The van der Waals surface area contributed by atoms with Gasteiger partial charge in [0.2, 0.25) is 0 Å². The molecule has 0 radical (unpaired) electrons. The number of carbonyl (C=O) groups excluding carboxylic acids is 1. The largest absolute Gasteiger partial charge is 0.331 e. The number of fused-ring (bicyclic) bond motifs is 1. The van der Waals surface area contributed by atoms with Gasteiger partial charge in [-0.2, -0.15) is 0 Å².